The largest absolute Gasteiger partial charge is 0.464 e. The normalized spacial score (nSPS) is 19.8. The maximum atomic E-state index is 12.3. The van der Waals surface area contributed by atoms with Crippen LogP contribution in [0.1, 0.15) is 5.56 Å². The third kappa shape index (κ3) is 2.80. The number of carbonyl (C=O) groups is 1. The maximum absolute atomic E-state index is 12.3. The summed E-state index contributed by atoms with van der Waals surface area (Å²) < 4.78 is 5.60. The van der Waals surface area contributed by atoms with Gasteiger partial charge in [0.05, 0.1) is 6.26 Å². The van der Waals surface area contributed by atoms with E-state index in [-0.39, 0.29) is 11.9 Å². The number of piperazine rings is 1. The number of hydrogen-bond acceptors (Lipinski definition) is 4. The average Bonchev–Trinajstić information content (AvgIpc) is 2.90. The highest BCUT2D eigenvalue weighted by Gasteiger charge is 2.30. The van der Waals surface area contributed by atoms with Crippen molar-refractivity contribution in [3.8, 4) is 0 Å². The van der Waals surface area contributed by atoms with Crippen LogP contribution < -0.4 is 5.32 Å². The van der Waals surface area contributed by atoms with Crippen LogP contribution in [0.15, 0.2) is 34.9 Å². The lowest BCUT2D eigenvalue weighted by Crippen LogP contribution is -2.57. The molecule has 1 aromatic carbocycles. The third-order valence-electron chi connectivity index (χ3n) is 4.01. The number of amides is 1. The van der Waals surface area contributed by atoms with Crippen LogP contribution in [-0.4, -0.2) is 55.5 Å². The lowest BCUT2D eigenvalue weighted by molar-refractivity contribution is -0.135. The Hall–Kier alpha value is -1.85. The van der Waals surface area contributed by atoms with Gasteiger partial charge in [0, 0.05) is 51.2 Å². The zero-order valence-corrected chi connectivity index (χ0v) is 12.5. The van der Waals surface area contributed by atoms with E-state index in [1.54, 1.807) is 4.90 Å². The number of benzene rings is 1. The second kappa shape index (κ2) is 5.87. The Morgan fingerprint density at radius 1 is 1.43 bits per heavy atom. The van der Waals surface area contributed by atoms with Crippen LogP contribution in [0, 0.1) is 0 Å². The molecule has 2 heterocycles. The van der Waals surface area contributed by atoms with E-state index in [0.717, 1.165) is 36.2 Å². The molecule has 3 rings (SSSR count). The van der Waals surface area contributed by atoms with E-state index in [4.69, 9.17) is 4.42 Å². The topological polar surface area (TPSA) is 48.7 Å². The van der Waals surface area contributed by atoms with E-state index in [1.807, 2.05) is 38.6 Å². The van der Waals surface area contributed by atoms with Crippen LogP contribution >= 0.6 is 0 Å². The van der Waals surface area contributed by atoms with E-state index in [9.17, 15) is 4.79 Å². The molecule has 0 spiro atoms. The molecule has 1 N–H and O–H groups in total. The molecule has 1 aliphatic heterocycles. The highest BCUT2D eigenvalue weighted by Crippen LogP contribution is 2.23. The summed E-state index contributed by atoms with van der Waals surface area (Å²) in [5.74, 6) is 0.148. The van der Waals surface area contributed by atoms with Gasteiger partial charge >= 0.3 is 0 Å². The van der Waals surface area contributed by atoms with E-state index in [2.05, 4.69) is 16.3 Å². The van der Waals surface area contributed by atoms with Crippen molar-refractivity contribution in [3.63, 3.8) is 0 Å². The molecule has 1 aliphatic rings. The first-order valence-corrected chi connectivity index (χ1v) is 7.28. The molecule has 0 aliphatic carbocycles. The van der Waals surface area contributed by atoms with Gasteiger partial charge in [0.25, 0.3) is 0 Å². The van der Waals surface area contributed by atoms with Crippen LogP contribution in [-0.2, 0) is 11.3 Å². The molecular weight excluding hydrogens is 266 g/mol. The summed E-state index contributed by atoms with van der Waals surface area (Å²) in [6, 6.07) is 7.92. The number of nitrogens with zero attached hydrogens (tertiary/aromatic N) is 2. The van der Waals surface area contributed by atoms with Crippen molar-refractivity contribution in [1.29, 1.82) is 0 Å². The molecule has 1 atom stereocenters. The van der Waals surface area contributed by atoms with Gasteiger partial charge in [0.1, 0.15) is 11.6 Å². The number of hydrogen-bond donors (Lipinski definition) is 1. The van der Waals surface area contributed by atoms with Crippen molar-refractivity contribution in [2.24, 2.45) is 0 Å². The van der Waals surface area contributed by atoms with E-state index < -0.39 is 0 Å². The van der Waals surface area contributed by atoms with Gasteiger partial charge in [-0.25, -0.2) is 0 Å². The number of likely N-dealkylation sites (N-methyl/N-ethyl adjacent to an activating group) is 1. The average molecular weight is 287 g/mol. The minimum absolute atomic E-state index is 0.109. The predicted octanol–water partition coefficient (Wildman–Crippen LogP) is 1.29. The Bertz CT molecular complexity index is 635. The Labute approximate surface area is 124 Å². The van der Waals surface area contributed by atoms with Crippen molar-refractivity contribution in [3.05, 3.63) is 36.1 Å². The fourth-order valence-corrected chi connectivity index (χ4v) is 2.85. The van der Waals surface area contributed by atoms with Crippen LogP contribution in [0.3, 0.4) is 0 Å². The summed E-state index contributed by atoms with van der Waals surface area (Å²) in [4.78, 5) is 16.2. The van der Waals surface area contributed by atoms with Gasteiger partial charge in [0.15, 0.2) is 0 Å². The minimum Gasteiger partial charge on any atom is -0.464 e. The van der Waals surface area contributed by atoms with E-state index >= 15 is 0 Å². The molecular formula is C16H21N3O2. The molecule has 0 radical (unpaired) electrons. The maximum Gasteiger partial charge on any atom is 0.240 e. The second-order valence-corrected chi connectivity index (χ2v) is 5.68. The first kappa shape index (κ1) is 14.1. The SMILES string of the molecule is CN(C)C(=O)C1CNCCN1Cc1coc2ccccc12. The number of nitrogens with one attached hydrogen (secondary N) is 1. The molecule has 1 saturated heterocycles. The monoisotopic (exact) mass is 287 g/mol. The summed E-state index contributed by atoms with van der Waals surface area (Å²) in [6.45, 7) is 3.21. The van der Waals surface area contributed by atoms with Crippen LogP contribution in [0.5, 0.6) is 0 Å². The lowest BCUT2D eigenvalue weighted by atomic mass is 10.1. The Morgan fingerprint density at radius 2 is 2.24 bits per heavy atom. The quantitative estimate of drug-likeness (QED) is 0.924. The summed E-state index contributed by atoms with van der Waals surface area (Å²) in [7, 11) is 3.62. The number of fused-ring (bicyclic) bond motifs is 1. The molecule has 112 valence electrons. The second-order valence-electron chi connectivity index (χ2n) is 5.68. The molecule has 0 saturated carbocycles. The molecule has 1 fully saturated rings. The molecule has 2 aromatic rings. The Morgan fingerprint density at radius 3 is 3.05 bits per heavy atom. The van der Waals surface area contributed by atoms with Gasteiger partial charge < -0.3 is 14.6 Å². The number of rotatable bonds is 3. The summed E-state index contributed by atoms with van der Waals surface area (Å²) in [5.41, 5.74) is 2.04. The fourth-order valence-electron chi connectivity index (χ4n) is 2.85. The van der Waals surface area contributed by atoms with Gasteiger partial charge in [0.2, 0.25) is 5.91 Å². The fraction of sp³-hybridized carbons (Fsp3) is 0.438. The molecule has 1 aromatic heterocycles. The Kier molecular flexibility index (Phi) is 3.94. The van der Waals surface area contributed by atoms with Crippen molar-refractivity contribution in [2.45, 2.75) is 12.6 Å². The zero-order valence-electron chi connectivity index (χ0n) is 12.5. The van der Waals surface area contributed by atoms with Gasteiger partial charge in [-0.05, 0) is 6.07 Å². The summed E-state index contributed by atoms with van der Waals surface area (Å²) in [5, 5.41) is 4.44. The summed E-state index contributed by atoms with van der Waals surface area (Å²) >= 11 is 0. The van der Waals surface area contributed by atoms with Gasteiger partial charge in [-0.2, -0.15) is 0 Å². The first-order valence-electron chi connectivity index (χ1n) is 7.28. The molecule has 1 amide bonds. The first-order chi connectivity index (χ1) is 10.2. The van der Waals surface area contributed by atoms with Crippen LogP contribution in [0.4, 0.5) is 0 Å². The highest BCUT2D eigenvalue weighted by molar-refractivity contribution is 5.82. The minimum atomic E-state index is -0.109. The molecule has 0 bridgehead atoms. The van der Waals surface area contributed by atoms with Gasteiger partial charge in [-0.1, -0.05) is 18.2 Å². The number of furan rings is 1. The predicted molar refractivity (Wildman–Crippen MR) is 82.0 cm³/mol. The standard InChI is InChI=1S/C16H21N3O2/c1-18(2)16(20)14-9-17-7-8-19(14)10-12-11-21-15-6-4-3-5-13(12)15/h3-6,11,14,17H,7-10H2,1-2H3. The summed E-state index contributed by atoms with van der Waals surface area (Å²) in [6.07, 6.45) is 1.81. The van der Waals surface area contributed by atoms with E-state index in [0.29, 0.717) is 6.54 Å². The Balaban J connectivity index is 1.83. The van der Waals surface area contributed by atoms with Crippen molar-refractivity contribution >= 4 is 16.9 Å². The van der Waals surface area contributed by atoms with Crippen LogP contribution in [0.25, 0.3) is 11.0 Å². The van der Waals surface area contributed by atoms with Crippen molar-refractivity contribution in [2.75, 3.05) is 33.7 Å². The van der Waals surface area contributed by atoms with Crippen molar-refractivity contribution in [1.82, 2.24) is 15.1 Å². The third-order valence-corrected chi connectivity index (χ3v) is 4.01. The number of para-hydroxylation sites is 1. The molecule has 5 nitrogen and oxygen atoms in total. The van der Waals surface area contributed by atoms with Crippen LogP contribution in [0.2, 0.25) is 0 Å². The zero-order chi connectivity index (χ0) is 14.8. The van der Waals surface area contributed by atoms with Gasteiger partial charge in [-0.15, -0.1) is 0 Å². The number of carbonyl (C=O) groups excluding carboxylic acids is 1. The van der Waals surface area contributed by atoms with Crippen molar-refractivity contribution < 1.29 is 9.21 Å². The highest BCUT2D eigenvalue weighted by atomic mass is 16.3. The van der Waals surface area contributed by atoms with E-state index in [1.165, 1.54) is 0 Å². The lowest BCUT2D eigenvalue weighted by Gasteiger charge is -2.36. The molecule has 5 heteroatoms. The molecule has 1 unspecified atom stereocenters. The smallest absolute Gasteiger partial charge is 0.240 e. The molecule has 21 heavy (non-hydrogen) atoms. The van der Waals surface area contributed by atoms with Gasteiger partial charge in [-0.3, -0.25) is 9.69 Å².